The van der Waals surface area contributed by atoms with Crippen LogP contribution in [0, 0.1) is 12.7 Å². The Balaban J connectivity index is 1.83. The van der Waals surface area contributed by atoms with Gasteiger partial charge in [-0.15, -0.1) is 0 Å². The maximum Gasteiger partial charge on any atom is 0.227 e. The molecule has 2 aromatic rings. The Kier molecular flexibility index (Phi) is 4.77. The van der Waals surface area contributed by atoms with E-state index in [4.69, 9.17) is 10.5 Å². The molecule has 0 aliphatic heterocycles. The van der Waals surface area contributed by atoms with Gasteiger partial charge in [0.25, 0.3) is 0 Å². The van der Waals surface area contributed by atoms with Crippen LogP contribution in [0.1, 0.15) is 12.0 Å². The number of ether oxygens (including phenoxy) is 1. The monoisotopic (exact) mass is 288 g/mol. The second-order valence-electron chi connectivity index (χ2n) is 4.71. The van der Waals surface area contributed by atoms with Gasteiger partial charge >= 0.3 is 0 Å². The Bertz CT molecular complexity index is 644. The number of carbonyl (C=O) groups is 1. The normalized spacial score (nSPS) is 10.2. The molecule has 0 spiro atoms. The molecule has 0 saturated carbocycles. The fraction of sp³-hybridized carbons (Fsp3) is 0.188. The Labute approximate surface area is 122 Å². The zero-order valence-corrected chi connectivity index (χ0v) is 11.7. The first-order chi connectivity index (χ1) is 10.0. The molecule has 5 heteroatoms. The summed E-state index contributed by atoms with van der Waals surface area (Å²) in [5.41, 5.74) is 7.72. The van der Waals surface area contributed by atoms with Crippen LogP contribution < -0.4 is 15.8 Å². The molecule has 0 heterocycles. The van der Waals surface area contributed by atoms with Crippen LogP contribution >= 0.6 is 0 Å². The second kappa shape index (κ2) is 6.74. The molecule has 0 saturated heterocycles. The van der Waals surface area contributed by atoms with E-state index in [0.717, 1.165) is 5.56 Å². The highest BCUT2D eigenvalue weighted by atomic mass is 19.1. The van der Waals surface area contributed by atoms with Gasteiger partial charge in [-0.05, 0) is 42.8 Å². The van der Waals surface area contributed by atoms with E-state index in [1.165, 1.54) is 6.07 Å². The van der Waals surface area contributed by atoms with Crippen LogP contribution in [0.15, 0.2) is 42.5 Å². The number of rotatable bonds is 5. The number of benzene rings is 2. The van der Waals surface area contributed by atoms with Gasteiger partial charge in [0.15, 0.2) is 11.6 Å². The van der Waals surface area contributed by atoms with Crippen LogP contribution in [-0.4, -0.2) is 12.5 Å². The van der Waals surface area contributed by atoms with Gasteiger partial charge in [-0.3, -0.25) is 4.79 Å². The maximum absolute atomic E-state index is 13.4. The summed E-state index contributed by atoms with van der Waals surface area (Å²) in [6.07, 6.45) is 0.127. The number of nitrogens with two attached hydrogens (primary N) is 1. The minimum absolute atomic E-state index is 0.106. The standard InChI is InChI=1S/C16H17FN2O2/c1-11-5-6-14(17)15(9-11)21-8-7-16(20)19-13-4-2-3-12(18)10-13/h2-6,9-10H,7-8,18H2,1H3,(H,19,20). The number of hydrogen-bond donors (Lipinski definition) is 2. The zero-order valence-electron chi connectivity index (χ0n) is 11.7. The molecule has 0 aliphatic rings. The molecule has 0 atom stereocenters. The fourth-order valence-electron chi connectivity index (χ4n) is 1.81. The highest BCUT2D eigenvalue weighted by Crippen LogP contribution is 2.18. The quantitative estimate of drug-likeness (QED) is 0.831. The van der Waals surface area contributed by atoms with Crippen molar-refractivity contribution in [1.29, 1.82) is 0 Å². The Morgan fingerprint density at radius 2 is 2.10 bits per heavy atom. The first-order valence-corrected chi connectivity index (χ1v) is 6.59. The third kappa shape index (κ3) is 4.49. The number of carbonyl (C=O) groups excluding carboxylic acids is 1. The van der Waals surface area contributed by atoms with Crippen molar-refractivity contribution >= 4 is 17.3 Å². The first-order valence-electron chi connectivity index (χ1n) is 6.59. The minimum atomic E-state index is -0.433. The first kappa shape index (κ1) is 14.8. The van der Waals surface area contributed by atoms with Crippen molar-refractivity contribution in [3.63, 3.8) is 0 Å². The minimum Gasteiger partial charge on any atom is -0.490 e. The smallest absolute Gasteiger partial charge is 0.227 e. The molecule has 0 aliphatic carbocycles. The van der Waals surface area contributed by atoms with Gasteiger partial charge < -0.3 is 15.8 Å². The third-order valence-electron chi connectivity index (χ3n) is 2.84. The summed E-state index contributed by atoms with van der Waals surface area (Å²) in [7, 11) is 0. The topological polar surface area (TPSA) is 64.3 Å². The van der Waals surface area contributed by atoms with Crippen molar-refractivity contribution in [2.45, 2.75) is 13.3 Å². The summed E-state index contributed by atoms with van der Waals surface area (Å²) in [5.74, 6) is -0.489. The van der Waals surface area contributed by atoms with E-state index in [1.807, 2.05) is 6.92 Å². The van der Waals surface area contributed by atoms with Gasteiger partial charge in [0.1, 0.15) is 0 Å². The average molecular weight is 288 g/mol. The molecule has 4 nitrogen and oxygen atoms in total. The molecule has 1 amide bonds. The summed E-state index contributed by atoms with van der Waals surface area (Å²) in [5, 5.41) is 2.70. The predicted molar refractivity (Wildman–Crippen MR) is 80.7 cm³/mol. The molecule has 2 rings (SSSR count). The molecule has 0 bridgehead atoms. The van der Waals surface area contributed by atoms with E-state index < -0.39 is 5.82 Å². The summed E-state index contributed by atoms with van der Waals surface area (Å²) in [6.45, 7) is 1.95. The summed E-state index contributed by atoms with van der Waals surface area (Å²) >= 11 is 0. The average Bonchev–Trinajstić information content (AvgIpc) is 2.42. The van der Waals surface area contributed by atoms with Crippen molar-refractivity contribution in [1.82, 2.24) is 0 Å². The Hall–Kier alpha value is -2.56. The molecular weight excluding hydrogens is 271 g/mol. The molecule has 21 heavy (non-hydrogen) atoms. The van der Waals surface area contributed by atoms with Crippen LogP contribution in [0.4, 0.5) is 15.8 Å². The van der Waals surface area contributed by atoms with E-state index in [-0.39, 0.29) is 24.7 Å². The fourth-order valence-corrected chi connectivity index (χ4v) is 1.81. The van der Waals surface area contributed by atoms with Crippen molar-refractivity contribution in [2.24, 2.45) is 0 Å². The molecule has 0 fully saturated rings. The summed E-state index contributed by atoms with van der Waals surface area (Å²) in [4.78, 5) is 11.7. The van der Waals surface area contributed by atoms with Crippen molar-refractivity contribution in [3.8, 4) is 5.75 Å². The van der Waals surface area contributed by atoms with Gasteiger partial charge in [-0.2, -0.15) is 0 Å². The predicted octanol–water partition coefficient (Wildman–Crippen LogP) is 3.12. The van der Waals surface area contributed by atoms with Crippen LogP contribution in [0.5, 0.6) is 5.75 Å². The SMILES string of the molecule is Cc1ccc(F)c(OCCC(=O)Nc2cccc(N)c2)c1. The van der Waals surface area contributed by atoms with E-state index in [9.17, 15) is 9.18 Å². The number of anilines is 2. The number of aryl methyl sites for hydroxylation is 1. The van der Waals surface area contributed by atoms with Gasteiger partial charge in [0, 0.05) is 11.4 Å². The lowest BCUT2D eigenvalue weighted by Crippen LogP contribution is -2.15. The summed E-state index contributed by atoms with van der Waals surface area (Å²) < 4.78 is 18.7. The van der Waals surface area contributed by atoms with E-state index >= 15 is 0 Å². The van der Waals surface area contributed by atoms with E-state index in [2.05, 4.69) is 5.32 Å². The molecule has 3 N–H and O–H groups in total. The highest BCUT2D eigenvalue weighted by Gasteiger charge is 2.06. The lowest BCUT2D eigenvalue weighted by atomic mass is 10.2. The number of nitrogens with one attached hydrogen (secondary N) is 1. The number of hydrogen-bond acceptors (Lipinski definition) is 3. The van der Waals surface area contributed by atoms with E-state index in [1.54, 1.807) is 36.4 Å². The largest absolute Gasteiger partial charge is 0.490 e. The van der Waals surface area contributed by atoms with Crippen LogP contribution in [0.3, 0.4) is 0 Å². The van der Waals surface area contributed by atoms with Gasteiger partial charge in [-0.1, -0.05) is 12.1 Å². The molecule has 2 aromatic carbocycles. The Morgan fingerprint density at radius 3 is 2.86 bits per heavy atom. The molecular formula is C16H17FN2O2. The summed E-state index contributed by atoms with van der Waals surface area (Å²) in [6, 6.07) is 11.5. The highest BCUT2D eigenvalue weighted by molar-refractivity contribution is 5.91. The zero-order chi connectivity index (χ0) is 15.2. The van der Waals surface area contributed by atoms with Crippen LogP contribution in [0.25, 0.3) is 0 Å². The molecule has 0 radical (unpaired) electrons. The van der Waals surface area contributed by atoms with Gasteiger partial charge in [-0.25, -0.2) is 4.39 Å². The molecule has 110 valence electrons. The number of nitrogen functional groups attached to an aromatic ring is 1. The second-order valence-corrected chi connectivity index (χ2v) is 4.71. The lowest BCUT2D eigenvalue weighted by Gasteiger charge is -2.09. The van der Waals surface area contributed by atoms with Gasteiger partial charge in [0.2, 0.25) is 5.91 Å². The van der Waals surface area contributed by atoms with Gasteiger partial charge in [0.05, 0.1) is 13.0 Å². The van der Waals surface area contributed by atoms with Crippen molar-refractivity contribution in [2.75, 3.05) is 17.7 Å². The van der Waals surface area contributed by atoms with Crippen molar-refractivity contribution in [3.05, 3.63) is 53.8 Å². The molecule has 0 unspecified atom stereocenters. The van der Waals surface area contributed by atoms with E-state index in [0.29, 0.717) is 11.4 Å². The number of amides is 1. The third-order valence-corrected chi connectivity index (χ3v) is 2.84. The Morgan fingerprint density at radius 1 is 1.29 bits per heavy atom. The van der Waals surface area contributed by atoms with Crippen LogP contribution in [-0.2, 0) is 4.79 Å². The number of halogens is 1. The maximum atomic E-state index is 13.4. The van der Waals surface area contributed by atoms with Crippen molar-refractivity contribution < 1.29 is 13.9 Å². The lowest BCUT2D eigenvalue weighted by molar-refractivity contribution is -0.116. The molecule has 0 aromatic heterocycles. The van der Waals surface area contributed by atoms with Crippen LogP contribution in [0.2, 0.25) is 0 Å².